The summed E-state index contributed by atoms with van der Waals surface area (Å²) in [6.07, 6.45) is 0. The quantitative estimate of drug-likeness (QED) is 0.578. The molecular formula is C10H9N2. The molecule has 12 heavy (non-hydrogen) atoms. The van der Waals surface area contributed by atoms with Gasteiger partial charge in [-0.05, 0) is 24.6 Å². The molecule has 1 aromatic heterocycles. The molecule has 0 aliphatic rings. The number of para-hydroxylation sites is 1. The molecule has 0 aliphatic heterocycles. The SMILES string of the molecule is Cc1cc([NH])nc2ccccc12. The highest BCUT2D eigenvalue weighted by Gasteiger charge is 1.98. The molecule has 1 heterocycles. The van der Waals surface area contributed by atoms with Gasteiger partial charge in [0.2, 0.25) is 0 Å². The number of aryl methyl sites for hydroxylation is 1. The van der Waals surface area contributed by atoms with Crippen molar-refractivity contribution < 1.29 is 0 Å². The van der Waals surface area contributed by atoms with Crippen molar-refractivity contribution in [2.45, 2.75) is 6.92 Å². The van der Waals surface area contributed by atoms with Crippen molar-refractivity contribution in [3.63, 3.8) is 0 Å². The molecule has 0 bridgehead atoms. The van der Waals surface area contributed by atoms with Gasteiger partial charge in [-0.15, -0.1) is 0 Å². The molecule has 2 heteroatoms. The summed E-state index contributed by atoms with van der Waals surface area (Å²) in [7, 11) is 0. The van der Waals surface area contributed by atoms with E-state index < -0.39 is 0 Å². The number of nitrogens with one attached hydrogen (secondary N) is 1. The fourth-order valence-electron chi connectivity index (χ4n) is 1.35. The zero-order valence-electron chi connectivity index (χ0n) is 6.83. The van der Waals surface area contributed by atoms with E-state index in [4.69, 9.17) is 5.73 Å². The van der Waals surface area contributed by atoms with E-state index >= 15 is 0 Å². The third-order valence-corrected chi connectivity index (χ3v) is 1.92. The normalized spacial score (nSPS) is 10.4. The van der Waals surface area contributed by atoms with Crippen LogP contribution in [0, 0.1) is 6.92 Å². The Morgan fingerprint density at radius 2 is 2.00 bits per heavy atom. The van der Waals surface area contributed by atoms with Crippen molar-refractivity contribution in [3.05, 3.63) is 35.9 Å². The number of rotatable bonds is 0. The van der Waals surface area contributed by atoms with Gasteiger partial charge in [-0.25, -0.2) is 4.98 Å². The number of hydrogen-bond acceptors (Lipinski definition) is 1. The summed E-state index contributed by atoms with van der Waals surface area (Å²) in [6.45, 7) is 2.00. The first kappa shape index (κ1) is 7.10. The Kier molecular flexibility index (Phi) is 1.47. The Labute approximate surface area is 71.0 Å². The fourth-order valence-corrected chi connectivity index (χ4v) is 1.35. The zero-order chi connectivity index (χ0) is 8.55. The number of hydrogen-bond donors (Lipinski definition) is 0. The summed E-state index contributed by atoms with van der Waals surface area (Å²) < 4.78 is 0. The predicted octanol–water partition coefficient (Wildman–Crippen LogP) is 2.46. The first-order valence-corrected chi connectivity index (χ1v) is 3.85. The second-order valence-electron chi connectivity index (χ2n) is 2.84. The molecule has 2 rings (SSSR count). The van der Waals surface area contributed by atoms with Crippen LogP contribution >= 0.6 is 0 Å². The molecule has 0 atom stereocenters. The third-order valence-electron chi connectivity index (χ3n) is 1.92. The van der Waals surface area contributed by atoms with Crippen molar-refractivity contribution in [1.82, 2.24) is 10.7 Å². The molecule has 59 valence electrons. The fraction of sp³-hybridized carbons (Fsp3) is 0.100. The van der Waals surface area contributed by atoms with E-state index in [2.05, 4.69) is 4.98 Å². The van der Waals surface area contributed by atoms with E-state index in [9.17, 15) is 0 Å². The minimum Gasteiger partial charge on any atom is -0.283 e. The van der Waals surface area contributed by atoms with Gasteiger partial charge in [0, 0.05) is 5.39 Å². The number of aromatic nitrogens is 1. The van der Waals surface area contributed by atoms with Gasteiger partial charge in [0.1, 0.15) is 5.82 Å². The largest absolute Gasteiger partial charge is 0.283 e. The van der Waals surface area contributed by atoms with Crippen LogP contribution in [-0.4, -0.2) is 4.98 Å². The molecule has 2 aromatic rings. The van der Waals surface area contributed by atoms with Gasteiger partial charge in [0.15, 0.2) is 0 Å². The van der Waals surface area contributed by atoms with Crippen LogP contribution in [0.4, 0.5) is 5.82 Å². The summed E-state index contributed by atoms with van der Waals surface area (Å²) in [5.74, 6) is 0.339. The maximum Gasteiger partial charge on any atom is 0.145 e. The average Bonchev–Trinajstić information content (AvgIpc) is 2.04. The monoisotopic (exact) mass is 157 g/mol. The molecule has 0 saturated carbocycles. The highest BCUT2D eigenvalue weighted by atomic mass is 14.8. The minimum absolute atomic E-state index is 0.339. The van der Waals surface area contributed by atoms with Crippen LogP contribution in [0.3, 0.4) is 0 Å². The molecule has 1 radical (unpaired) electrons. The van der Waals surface area contributed by atoms with Crippen LogP contribution in [0.25, 0.3) is 10.9 Å². The van der Waals surface area contributed by atoms with Crippen LogP contribution in [0.1, 0.15) is 5.56 Å². The Balaban J connectivity index is 2.89. The van der Waals surface area contributed by atoms with Crippen molar-refractivity contribution >= 4 is 16.7 Å². The molecule has 0 fully saturated rings. The van der Waals surface area contributed by atoms with Crippen molar-refractivity contribution in [1.29, 1.82) is 0 Å². The van der Waals surface area contributed by atoms with Gasteiger partial charge in [-0.3, -0.25) is 5.73 Å². The Bertz CT molecular complexity index is 421. The van der Waals surface area contributed by atoms with Crippen LogP contribution in [0.5, 0.6) is 0 Å². The molecular weight excluding hydrogens is 148 g/mol. The van der Waals surface area contributed by atoms with Crippen LogP contribution in [-0.2, 0) is 0 Å². The maximum atomic E-state index is 7.41. The molecule has 0 unspecified atom stereocenters. The second-order valence-corrected chi connectivity index (χ2v) is 2.84. The van der Waals surface area contributed by atoms with E-state index in [0.717, 1.165) is 16.5 Å². The van der Waals surface area contributed by atoms with Gasteiger partial charge >= 0.3 is 0 Å². The second kappa shape index (κ2) is 2.48. The Morgan fingerprint density at radius 1 is 1.25 bits per heavy atom. The van der Waals surface area contributed by atoms with Crippen LogP contribution in [0.2, 0.25) is 0 Å². The summed E-state index contributed by atoms with van der Waals surface area (Å²) in [5, 5.41) is 1.13. The molecule has 2 nitrogen and oxygen atoms in total. The summed E-state index contributed by atoms with van der Waals surface area (Å²) in [4.78, 5) is 4.10. The van der Waals surface area contributed by atoms with Gasteiger partial charge in [0.05, 0.1) is 5.52 Å². The number of fused-ring (bicyclic) bond motifs is 1. The zero-order valence-corrected chi connectivity index (χ0v) is 6.83. The Hall–Kier alpha value is -1.57. The first-order valence-electron chi connectivity index (χ1n) is 3.85. The van der Waals surface area contributed by atoms with E-state index in [0.29, 0.717) is 5.82 Å². The van der Waals surface area contributed by atoms with Gasteiger partial charge in [-0.1, -0.05) is 18.2 Å². The van der Waals surface area contributed by atoms with Gasteiger partial charge in [-0.2, -0.15) is 0 Å². The summed E-state index contributed by atoms with van der Waals surface area (Å²) in [5.41, 5.74) is 9.43. The van der Waals surface area contributed by atoms with E-state index in [-0.39, 0.29) is 0 Å². The van der Waals surface area contributed by atoms with E-state index in [1.54, 1.807) is 6.07 Å². The highest BCUT2D eigenvalue weighted by molar-refractivity contribution is 5.83. The smallest absolute Gasteiger partial charge is 0.145 e. The van der Waals surface area contributed by atoms with Crippen molar-refractivity contribution in [2.24, 2.45) is 0 Å². The van der Waals surface area contributed by atoms with Crippen LogP contribution in [0.15, 0.2) is 30.3 Å². The molecule has 0 aliphatic carbocycles. The first-order chi connectivity index (χ1) is 5.77. The van der Waals surface area contributed by atoms with E-state index in [1.165, 1.54) is 0 Å². The minimum atomic E-state index is 0.339. The topological polar surface area (TPSA) is 36.7 Å². The lowest BCUT2D eigenvalue weighted by Gasteiger charge is -2.00. The van der Waals surface area contributed by atoms with Gasteiger partial charge in [0.25, 0.3) is 0 Å². The molecule has 0 saturated heterocycles. The lowest BCUT2D eigenvalue weighted by molar-refractivity contribution is 1.28. The average molecular weight is 157 g/mol. The highest BCUT2D eigenvalue weighted by Crippen LogP contribution is 2.18. The molecule has 1 aromatic carbocycles. The number of pyridine rings is 1. The predicted molar refractivity (Wildman–Crippen MR) is 49.2 cm³/mol. The standard InChI is InChI=1S/C10H9N2/c1-7-6-10(11)12-9-5-3-2-4-8(7)9/h2-6,11H,1H3. The maximum absolute atomic E-state index is 7.41. The Morgan fingerprint density at radius 3 is 2.83 bits per heavy atom. The molecule has 1 N–H and O–H groups in total. The van der Waals surface area contributed by atoms with Crippen LogP contribution < -0.4 is 5.73 Å². The summed E-state index contributed by atoms with van der Waals surface area (Å²) in [6, 6.07) is 9.66. The molecule has 0 spiro atoms. The molecule has 0 amide bonds. The van der Waals surface area contributed by atoms with Gasteiger partial charge < -0.3 is 0 Å². The number of benzene rings is 1. The third kappa shape index (κ3) is 1.01. The van der Waals surface area contributed by atoms with Crippen molar-refractivity contribution in [2.75, 3.05) is 0 Å². The van der Waals surface area contributed by atoms with Crippen molar-refractivity contribution in [3.8, 4) is 0 Å². The lowest BCUT2D eigenvalue weighted by atomic mass is 10.1. The summed E-state index contributed by atoms with van der Waals surface area (Å²) >= 11 is 0. The lowest BCUT2D eigenvalue weighted by Crippen LogP contribution is -1.84. The van der Waals surface area contributed by atoms with E-state index in [1.807, 2.05) is 31.2 Å². The number of nitrogens with zero attached hydrogens (tertiary/aromatic N) is 1.